The van der Waals surface area contributed by atoms with Crippen molar-refractivity contribution < 1.29 is 27.6 Å². The number of piperazine rings is 1. The molecule has 3 aliphatic rings. The lowest BCUT2D eigenvalue weighted by molar-refractivity contribution is -0.143. The van der Waals surface area contributed by atoms with Crippen molar-refractivity contribution in [1.82, 2.24) is 9.80 Å². The number of fused-ring (bicyclic) bond motifs is 5. The number of carbonyl (C=O) groups is 3. The van der Waals surface area contributed by atoms with E-state index in [1.807, 2.05) is 0 Å². The van der Waals surface area contributed by atoms with Crippen LogP contribution in [0.25, 0.3) is 0 Å². The highest BCUT2D eigenvalue weighted by Crippen LogP contribution is 2.44. The number of hydrogen-bond acceptors (Lipinski definition) is 3. The Hall–Kier alpha value is -2.58. The summed E-state index contributed by atoms with van der Waals surface area (Å²) in [5, 5.41) is 0. The van der Waals surface area contributed by atoms with Gasteiger partial charge in [-0.3, -0.25) is 9.59 Å². The maximum absolute atomic E-state index is 13.0. The van der Waals surface area contributed by atoms with E-state index in [-0.39, 0.29) is 17.6 Å². The number of halogens is 3. The van der Waals surface area contributed by atoms with Gasteiger partial charge in [-0.05, 0) is 24.6 Å². The van der Waals surface area contributed by atoms with Crippen molar-refractivity contribution in [2.75, 3.05) is 11.4 Å². The molecule has 0 N–H and O–H groups in total. The molecule has 9 heteroatoms. The van der Waals surface area contributed by atoms with Gasteiger partial charge in [0.1, 0.15) is 6.04 Å². The molecule has 0 aromatic heterocycles. The molecule has 3 aliphatic heterocycles. The Labute approximate surface area is 159 Å². The second-order valence-electron chi connectivity index (χ2n) is 8.52. The van der Waals surface area contributed by atoms with Gasteiger partial charge in [-0.25, -0.2) is 9.69 Å². The van der Waals surface area contributed by atoms with E-state index in [0.717, 1.165) is 17.0 Å². The molecule has 3 saturated heterocycles. The van der Waals surface area contributed by atoms with E-state index < -0.39 is 41.2 Å². The molecule has 0 radical (unpaired) electrons. The number of anilines is 1. The quantitative estimate of drug-likeness (QED) is 0.687. The monoisotopic (exact) mass is 395 g/mol. The van der Waals surface area contributed by atoms with Gasteiger partial charge >= 0.3 is 12.2 Å². The van der Waals surface area contributed by atoms with Crippen LogP contribution in [0.15, 0.2) is 24.3 Å². The fourth-order valence-electron chi connectivity index (χ4n) is 4.38. The zero-order valence-electron chi connectivity index (χ0n) is 15.7. The molecule has 1 aromatic rings. The molecule has 4 rings (SSSR count). The highest BCUT2D eigenvalue weighted by Gasteiger charge is 2.63. The van der Waals surface area contributed by atoms with Crippen molar-refractivity contribution >= 4 is 23.5 Å². The van der Waals surface area contributed by atoms with Crippen molar-refractivity contribution in [2.24, 2.45) is 5.41 Å². The fraction of sp³-hybridized carbons (Fsp3) is 0.526. The molecular weight excluding hydrogens is 375 g/mol. The predicted molar refractivity (Wildman–Crippen MR) is 93.3 cm³/mol. The van der Waals surface area contributed by atoms with Gasteiger partial charge < -0.3 is 9.80 Å². The van der Waals surface area contributed by atoms with Crippen LogP contribution in [0, 0.1) is 5.41 Å². The Morgan fingerprint density at radius 1 is 1.14 bits per heavy atom. The molecule has 0 saturated carbocycles. The molecule has 3 fully saturated rings. The Bertz CT molecular complexity index is 877. The molecule has 3 unspecified atom stereocenters. The second kappa shape index (κ2) is 5.71. The van der Waals surface area contributed by atoms with Crippen LogP contribution in [0.3, 0.4) is 0 Å². The van der Waals surface area contributed by atoms with Gasteiger partial charge in [-0.15, -0.1) is 0 Å². The summed E-state index contributed by atoms with van der Waals surface area (Å²) < 4.78 is 39.1. The van der Waals surface area contributed by atoms with Crippen LogP contribution in [-0.2, 0) is 15.8 Å². The summed E-state index contributed by atoms with van der Waals surface area (Å²) in [5.74, 6) is -0.680. The summed E-state index contributed by atoms with van der Waals surface area (Å²) in [6.45, 7) is 5.70. The van der Waals surface area contributed by atoms with E-state index in [1.165, 1.54) is 17.0 Å². The number of alkyl halides is 3. The van der Waals surface area contributed by atoms with Gasteiger partial charge in [0.15, 0.2) is 0 Å². The molecule has 4 amide bonds. The number of benzene rings is 1. The molecule has 3 heterocycles. The topological polar surface area (TPSA) is 60.9 Å². The smallest absolute Gasteiger partial charge is 0.334 e. The Balaban J connectivity index is 1.66. The van der Waals surface area contributed by atoms with Crippen LogP contribution >= 0.6 is 0 Å². The zero-order valence-corrected chi connectivity index (χ0v) is 15.7. The van der Waals surface area contributed by atoms with Crippen molar-refractivity contribution in [3.8, 4) is 0 Å². The van der Waals surface area contributed by atoms with E-state index in [4.69, 9.17) is 0 Å². The van der Waals surface area contributed by atoms with Crippen molar-refractivity contribution in [2.45, 2.75) is 51.5 Å². The second-order valence-corrected chi connectivity index (χ2v) is 8.52. The summed E-state index contributed by atoms with van der Waals surface area (Å²) in [6, 6.07) is 1.98. The van der Waals surface area contributed by atoms with Crippen molar-refractivity contribution in [3.63, 3.8) is 0 Å². The predicted octanol–water partition coefficient (Wildman–Crippen LogP) is 2.87. The molecule has 3 atom stereocenters. The third-order valence-corrected chi connectivity index (χ3v) is 5.60. The summed E-state index contributed by atoms with van der Waals surface area (Å²) in [6.07, 6.45) is -4.06. The van der Waals surface area contributed by atoms with Crippen LogP contribution in [0.4, 0.5) is 23.7 Å². The third-order valence-electron chi connectivity index (χ3n) is 5.60. The van der Waals surface area contributed by atoms with E-state index in [0.29, 0.717) is 13.0 Å². The number of nitrogens with zero attached hydrogens (tertiary/aromatic N) is 3. The number of rotatable bonds is 1. The van der Waals surface area contributed by atoms with E-state index in [1.54, 1.807) is 25.7 Å². The number of hydrogen-bond donors (Lipinski definition) is 0. The first-order valence-electron chi connectivity index (χ1n) is 9.06. The number of urea groups is 1. The average molecular weight is 395 g/mol. The summed E-state index contributed by atoms with van der Waals surface area (Å²) in [5.41, 5.74) is -1.65. The lowest BCUT2D eigenvalue weighted by Crippen LogP contribution is -2.56. The van der Waals surface area contributed by atoms with E-state index in [2.05, 4.69) is 0 Å². The van der Waals surface area contributed by atoms with Crippen molar-refractivity contribution in [3.05, 3.63) is 29.8 Å². The standard InChI is InChI=1S/C19H20F3N3O3/c1-18(2,3)16(27)23-9-12-8-13(23)14-15(26)25(17(28)24(12)14)11-6-4-5-10(7-11)19(20,21)22/h4-7,12-14H,8-9H2,1-3H3. The summed E-state index contributed by atoms with van der Waals surface area (Å²) in [7, 11) is 0. The van der Waals surface area contributed by atoms with Crippen LogP contribution in [0.1, 0.15) is 32.8 Å². The Morgan fingerprint density at radius 3 is 2.43 bits per heavy atom. The van der Waals surface area contributed by atoms with Gasteiger partial charge in [-0.2, -0.15) is 13.2 Å². The van der Waals surface area contributed by atoms with Gasteiger partial charge in [0.25, 0.3) is 5.91 Å². The molecule has 0 spiro atoms. The molecule has 2 bridgehead atoms. The fourth-order valence-corrected chi connectivity index (χ4v) is 4.38. The highest BCUT2D eigenvalue weighted by atomic mass is 19.4. The third kappa shape index (κ3) is 2.59. The minimum Gasteiger partial charge on any atom is -0.334 e. The van der Waals surface area contributed by atoms with E-state index in [9.17, 15) is 27.6 Å². The normalized spacial score (nSPS) is 27.1. The van der Waals surface area contributed by atoms with Gasteiger partial charge in [0.05, 0.1) is 23.3 Å². The Kier molecular flexibility index (Phi) is 3.83. The van der Waals surface area contributed by atoms with Crippen LogP contribution < -0.4 is 4.90 Å². The average Bonchev–Trinajstić information content (AvgIpc) is 3.24. The number of carbonyl (C=O) groups excluding carboxylic acids is 3. The zero-order chi connectivity index (χ0) is 20.6. The van der Waals surface area contributed by atoms with Gasteiger partial charge in [0.2, 0.25) is 5.91 Å². The lowest BCUT2D eigenvalue weighted by atomic mass is 9.93. The number of imide groups is 1. The minimum atomic E-state index is -4.58. The first-order chi connectivity index (χ1) is 12.9. The molecule has 0 aliphatic carbocycles. The molecular formula is C19H20F3N3O3. The molecule has 6 nitrogen and oxygen atoms in total. The summed E-state index contributed by atoms with van der Waals surface area (Å²) >= 11 is 0. The lowest BCUT2D eigenvalue weighted by Gasteiger charge is -2.37. The highest BCUT2D eigenvalue weighted by molar-refractivity contribution is 6.22. The summed E-state index contributed by atoms with van der Waals surface area (Å²) in [4.78, 5) is 42.5. The van der Waals surface area contributed by atoms with Crippen LogP contribution in [0.2, 0.25) is 0 Å². The number of amides is 4. The first kappa shape index (κ1) is 18.8. The van der Waals surface area contributed by atoms with Gasteiger partial charge in [0, 0.05) is 12.0 Å². The molecule has 150 valence electrons. The minimum absolute atomic E-state index is 0.0996. The van der Waals surface area contributed by atoms with E-state index >= 15 is 0 Å². The SMILES string of the molecule is CC(C)(C)C(=O)N1CC2CC1C1C(=O)N(c3cccc(C(F)(F)F)c3)C(=O)N21. The first-order valence-corrected chi connectivity index (χ1v) is 9.06. The van der Waals surface area contributed by atoms with Crippen LogP contribution in [0.5, 0.6) is 0 Å². The van der Waals surface area contributed by atoms with Gasteiger partial charge in [-0.1, -0.05) is 26.8 Å². The number of likely N-dealkylation sites (tertiary alicyclic amines) is 1. The van der Waals surface area contributed by atoms with Crippen LogP contribution in [-0.4, -0.2) is 52.3 Å². The molecule has 1 aromatic carbocycles. The molecule has 28 heavy (non-hydrogen) atoms. The Morgan fingerprint density at radius 2 is 1.82 bits per heavy atom. The largest absolute Gasteiger partial charge is 0.416 e. The van der Waals surface area contributed by atoms with Crippen molar-refractivity contribution in [1.29, 1.82) is 0 Å². The maximum Gasteiger partial charge on any atom is 0.416 e. The maximum atomic E-state index is 13.0.